The van der Waals surface area contributed by atoms with Gasteiger partial charge in [0.1, 0.15) is 12.4 Å². The zero-order valence-electron chi connectivity index (χ0n) is 10.3. The molecule has 3 N–H and O–H groups in total. The molecule has 1 aromatic rings. The molecule has 0 radical (unpaired) electrons. The van der Waals surface area contributed by atoms with Gasteiger partial charge >= 0.3 is 5.97 Å². The first-order valence-electron chi connectivity index (χ1n) is 5.78. The number of amides is 1. The van der Waals surface area contributed by atoms with Gasteiger partial charge in [-0.1, -0.05) is 11.6 Å². The van der Waals surface area contributed by atoms with Crippen LogP contribution in [0.5, 0.6) is 5.75 Å². The Balaban J connectivity index is 2.18. The molecule has 2 rings (SSSR count). The molecule has 0 bridgehead atoms. The van der Waals surface area contributed by atoms with Crippen molar-refractivity contribution in [2.45, 2.75) is 6.04 Å². The molecule has 1 atom stereocenters. The van der Waals surface area contributed by atoms with Crippen LogP contribution >= 0.6 is 11.6 Å². The van der Waals surface area contributed by atoms with Gasteiger partial charge in [0.15, 0.2) is 6.04 Å². The largest absolute Gasteiger partial charge is 0.488 e. The Morgan fingerprint density at radius 1 is 1.45 bits per heavy atom. The number of benzene rings is 1. The molecule has 20 heavy (non-hydrogen) atoms. The Bertz CT molecular complexity index is 584. The van der Waals surface area contributed by atoms with E-state index in [2.05, 4.69) is 5.32 Å². The third-order valence-electron chi connectivity index (χ3n) is 2.76. The summed E-state index contributed by atoms with van der Waals surface area (Å²) in [5.74, 6) is -1.30. The van der Waals surface area contributed by atoms with E-state index in [0.717, 1.165) is 0 Å². The second-order valence-corrected chi connectivity index (χ2v) is 4.62. The molecule has 0 aliphatic carbocycles. The normalized spacial score (nSPS) is 14.6. The number of hydrogen-bond donors (Lipinski definition) is 3. The highest BCUT2D eigenvalue weighted by Crippen LogP contribution is 2.28. The van der Waals surface area contributed by atoms with Gasteiger partial charge in [-0.2, -0.15) is 0 Å². The van der Waals surface area contributed by atoms with Gasteiger partial charge in [-0.3, -0.25) is 4.79 Å². The van der Waals surface area contributed by atoms with Crippen LogP contribution in [-0.2, 0) is 9.59 Å². The van der Waals surface area contributed by atoms with Crippen molar-refractivity contribution in [3.63, 3.8) is 0 Å². The minimum Gasteiger partial charge on any atom is -0.488 e. The number of rotatable bonds is 4. The highest BCUT2D eigenvalue weighted by Gasteiger charge is 2.23. The summed E-state index contributed by atoms with van der Waals surface area (Å²) in [7, 11) is 0. The molecule has 0 saturated carbocycles. The van der Waals surface area contributed by atoms with Gasteiger partial charge in [0.2, 0.25) is 0 Å². The minimum absolute atomic E-state index is 0.0260. The van der Waals surface area contributed by atoms with E-state index in [1.807, 2.05) is 0 Å². The standard InChI is InChI=1S/C13H12ClNO5/c14-9-1-2-11-7(4-9)3-8(6-20-11)12(17)15-10(5-16)13(18)19/h1-4,10,16H,5-6H2,(H,15,17)(H,18,19)/t10-/m0/s1. The average Bonchev–Trinajstić information content (AvgIpc) is 2.43. The highest BCUT2D eigenvalue weighted by molar-refractivity contribution is 6.30. The predicted octanol–water partition coefficient (Wildman–Crippen LogP) is 0.677. The lowest BCUT2D eigenvalue weighted by atomic mass is 10.1. The number of halogens is 1. The lowest BCUT2D eigenvalue weighted by Gasteiger charge is -2.19. The zero-order chi connectivity index (χ0) is 14.7. The predicted molar refractivity (Wildman–Crippen MR) is 71.6 cm³/mol. The van der Waals surface area contributed by atoms with E-state index in [9.17, 15) is 9.59 Å². The number of ether oxygens (including phenoxy) is 1. The molecule has 6 nitrogen and oxygen atoms in total. The molecule has 1 aliphatic heterocycles. The number of carboxylic acid groups (broad SMARTS) is 1. The zero-order valence-corrected chi connectivity index (χ0v) is 11.1. The number of fused-ring (bicyclic) bond motifs is 1. The molecule has 0 fully saturated rings. The average molecular weight is 298 g/mol. The van der Waals surface area contributed by atoms with E-state index in [1.165, 1.54) is 0 Å². The molecule has 0 aromatic heterocycles. The van der Waals surface area contributed by atoms with Gasteiger partial charge in [0, 0.05) is 10.6 Å². The van der Waals surface area contributed by atoms with E-state index >= 15 is 0 Å². The summed E-state index contributed by atoms with van der Waals surface area (Å²) in [6, 6.07) is 3.66. The maximum absolute atomic E-state index is 11.9. The molecular weight excluding hydrogens is 286 g/mol. The van der Waals surface area contributed by atoms with Gasteiger partial charge in [0.25, 0.3) is 5.91 Å². The van der Waals surface area contributed by atoms with Gasteiger partial charge in [-0.05, 0) is 24.3 Å². The van der Waals surface area contributed by atoms with E-state index in [4.69, 9.17) is 26.6 Å². The van der Waals surface area contributed by atoms with Gasteiger partial charge in [0.05, 0.1) is 12.2 Å². The molecule has 1 aliphatic rings. The summed E-state index contributed by atoms with van der Waals surface area (Å²) in [5, 5.41) is 20.4. The van der Waals surface area contributed by atoms with Crippen molar-refractivity contribution in [2.24, 2.45) is 0 Å². The highest BCUT2D eigenvalue weighted by atomic mass is 35.5. The molecule has 0 saturated heterocycles. The van der Waals surface area contributed by atoms with Crippen LogP contribution in [0.3, 0.4) is 0 Å². The van der Waals surface area contributed by atoms with Crippen molar-refractivity contribution in [3.05, 3.63) is 34.4 Å². The number of aliphatic hydroxyl groups excluding tert-OH is 1. The Kier molecular flexibility index (Phi) is 4.26. The lowest BCUT2D eigenvalue weighted by molar-refractivity contribution is -0.142. The first kappa shape index (κ1) is 14.4. The molecule has 1 aromatic carbocycles. The van der Waals surface area contributed by atoms with Crippen molar-refractivity contribution < 1.29 is 24.5 Å². The summed E-state index contributed by atoms with van der Waals surface area (Å²) < 4.78 is 5.39. The quantitative estimate of drug-likeness (QED) is 0.759. The fraction of sp³-hybridized carbons (Fsp3) is 0.231. The van der Waals surface area contributed by atoms with Gasteiger partial charge < -0.3 is 20.3 Å². The third-order valence-corrected chi connectivity index (χ3v) is 3.00. The lowest BCUT2D eigenvalue weighted by Crippen LogP contribution is -2.44. The van der Waals surface area contributed by atoms with Crippen LogP contribution in [0.15, 0.2) is 23.8 Å². The van der Waals surface area contributed by atoms with Crippen molar-refractivity contribution in [3.8, 4) is 5.75 Å². The van der Waals surface area contributed by atoms with Crippen LogP contribution in [0, 0.1) is 0 Å². The smallest absolute Gasteiger partial charge is 0.328 e. The Morgan fingerprint density at radius 3 is 2.85 bits per heavy atom. The van der Waals surface area contributed by atoms with Crippen LogP contribution in [0.1, 0.15) is 5.56 Å². The summed E-state index contributed by atoms with van der Waals surface area (Å²) in [6.45, 7) is -0.657. The molecule has 1 heterocycles. The maximum atomic E-state index is 11.9. The number of hydrogen-bond acceptors (Lipinski definition) is 4. The van der Waals surface area contributed by atoms with Crippen LogP contribution in [0.2, 0.25) is 5.02 Å². The number of carbonyl (C=O) groups is 2. The fourth-order valence-corrected chi connectivity index (χ4v) is 1.90. The van der Waals surface area contributed by atoms with Crippen molar-refractivity contribution in [1.82, 2.24) is 5.32 Å². The summed E-state index contributed by atoms with van der Waals surface area (Å²) in [4.78, 5) is 22.6. The van der Waals surface area contributed by atoms with E-state index in [0.29, 0.717) is 16.3 Å². The van der Waals surface area contributed by atoms with Gasteiger partial charge in [-0.15, -0.1) is 0 Å². The second-order valence-electron chi connectivity index (χ2n) is 4.19. The van der Waals surface area contributed by atoms with E-state index in [-0.39, 0.29) is 12.2 Å². The second kappa shape index (κ2) is 5.94. The summed E-state index contributed by atoms with van der Waals surface area (Å²) in [5.41, 5.74) is 0.907. The molecule has 106 valence electrons. The Morgan fingerprint density at radius 2 is 2.20 bits per heavy atom. The number of nitrogens with one attached hydrogen (secondary N) is 1. The molecule has 0 spiro atoms. The summed E-state index contributed by atoms with van der Waals surface area (Å²) in [6.07, 6.45) is 1.58. The van der Waals surface area contributed by atoms with Crippen molar-refractivity contribution >= 4 is 29.6 Å². The van der Waals surface area contributed by atoms with Gasteiger partial charge in [-0.25, -0.2) is 4.79 Å². The monoisotopic (exact) mass is 297 g/mol. The Hall–Kier alpha value is -2.05. The van der Waals surface area contributed by atoms with Crippen LogP contribution in [0.4, 0.5) is 0 Å². The first-order chi connectivity index (χ1) is 9.51. The number of carbonyl (C=O) groups excluding carboxylic acids is 1. The Labute approximate surface area is 119 Å². The van der Waals surface area contributed by atoms with Crippen molar-refractivity contribution in [2.75, 3.05) is 13.2 Å². The SMILES string of the molecule is O=C(N[C@@H](CO)C(=O)O)C1=Cc2cc(Cl)ccc2OC1. The van der Waals surface area contributed by atoms with E-state index < -0.39 is 24.5 Å². The fourth-order valence-electron chi connectivity index (χ4n) is 1.72. The van der Waals surface area contributed by atoms with Crippen LogP contribution < -0.4 is 10.1 Å². The molecule has 0 unspecified atom stereocenters. The number of carboxylic acids is 1. The number of aliphatic hydroxyl groups is 1. The topological polar surface area (TPSA) is 95.9 Å². The molecular formula is C13H12ClNO5. The third kappa shape index (κ3) is 3.09. The van der Waals surface area contributed by atoms with Crippen LogP contribution in [-0.4, -0.2) is 41.3 Å². The minimum atomic E-state index is -1.34. The first-order valence-corrected chi connectivity index (χ1v) is 6.16. The van der Waals surface area contributed by atoms with Crippen molar-refractivity contribution in [1.29, 1.82) is 0 Å². The maximum Gasteiger partial charge on any atom is 0.328 e. The molecule has 1 amide bonds. The number of aliphatic carboxylic acids is 1. The van der Waals surface area contributed by atoms with Crippen LogP contribution in [0.25, 0.3) is 6.08 Å². The van der Waals surface area contributed by atoms with E-state index in [1.54, 1.807) is 24.3 Å². The molecule has 7 heteroatoms. The summed E-state index contributed by atoms with van der Waals surface area (Å²) >= 11 is 5.86.